The van der Waals surface area contributed by atoms with Gasteiger partial charge in [-0.25, -0.2) is 0 Å². The molecule has 0 saturated heterocycles. The number of rotatable bonds is 5. The topological polar surface area (TPSA) is 51.2 Å². The van der Waals surface area contributed by atoms with Crippen LogP contribution < -0.4 is 35.7 Å². The van der Waals surface area contributed by atoms with Crippen molar-refractivity contribution < 1.29 is 18.3 Å². The van der Waals surface area contributed by atoms with Crippen LogP contribution in [0.4, 0.5) is 34.1 Å². The zero-order chi connectivity index (χ0) is 47.6. The van der Waals surface area contributed by atoms with E-state index < -0.39 is 0 Å². The average Bonchev–Trinajstić information content (AvgIpc) is 4.01. The largest absolute Gasteiger partial charge is 0.486 e. The van der Waals surface area contributed by atoms with E-state index in [1.165, 1.54) is 27.5 Å². The van der Waals surface area contributed by atoms with Gasteiger partial charge in [-0.2, -0.15) is 0 Å². The molecule has 0 spiro atoms. The number of anilines is 6. The Bertz CT molecular complexity index is 3580. The van der Waals surface area contributed by atoms with Gasteiger partial charge >= 0.3 is 0 Å². The minimum Gasteiger partial charge on any atom is -0.486 e. The monoisotopic (exact) mass is 912 g/mol. The molecule has 8 aromatic carbocycles. The molecule has 0 radical (unpaired) electrons. The summed E-state index contributed by atoms with van der Waals surface area (Å²) in [5.74, 6) is 3.09. The van der Waals surface area contributed by atoms with Gasteiger partial charge in [0.15, 0.2) is 11.5 Å². The number of fused-ring (bicyclic) bond motifs is 7. The van der Waals surface area contributed by atoms with Crippen LogP contribution in [-0.2, 0) is 10.8 Å². The predicted molar refractivity (Wildman–Crippen MR) is 289 cm³/mol. The molecule has 7 heteroatoms. The number of benzene rings is 8. The van der Waals surface area contributed by atoms with Gasteiger partial charge in [-0.15, -0.1) is 0 Å². The maximum atomic E-state index is 6.76. The molecule has 0 fully saturated rings. The first-order chi connectivity index (χ1) is 33.9. The summed E-state index contributed by atoms with van der Waals surface area (Å²) in [6.07, 6.45) is 0. The van der Waals surface area contributed by atoms with Gasteiger partial charge in [0.05, 0.1) is 0 Å². The van der Waals surface area contributed by atoms with E-state index in [0.717, 1.165) is 107 Å². The highest BCUT2D eigenvalue weighted by molar-refractivity contribution is 7.00. The van der Waals surface area contributed by atoms with Crippen LogP contribution in [0, 0.1) is 6.92 Å². The summed E-state index contributed by atoms with van der Waals surface area (Å²) < 4.78 is 26.5. The zero-order valence-electron chi connectivity index (χ0n) is 40.7. The van der Waals surface area contributed by atoms with E-state index in [9.17, 15) is 0 Å². The lowest BCUT2D eigenvalue weighted by Crippen LogP contribution is -2.61. The van der Waals surface area contributed by atoms with Crippen LogP contribution in [0.3, 0.4) is 0 Å². The van der Waals surface area contributed by atoms with Crippen LogP contribution >= 0.6 is 0 Å². The summed E-state index contributed by atoms with van der Waals surface area (Å²) in [4.78, 5) is 4.98. The molecule has 6 nitrogen and oxygen atoms in total. The second kappa shape index (κ2) is 15.6. The molecule has 3 aliphatic rings. The lowest BCUT2D eigenvalue weighted by atomic mass is 9.33. The van der Waals surface area contributed by atoms with Crippen LogP contribution in [0.5, 0.6) is 11.5 Å². The van der Waals surface area contributed by atoms with Crippen molar-refractivity contribution in [3.63, 3.8) is 0 Å². The molecule has 10 aromatic rings. The highest BCUT2D eigenvalue weighted by Gasteiger charge is 2.46. The highest BCUT2D eigenvalue weighted by Crippen LogP contribution is 2.54. The van der Waals surface area contributed by atoms with Gasteiger partial charge in [-0.1, -0.05) is 133 Å². The Morgan fingerprint density at radius 2 is 1.01 bits per heavy atom. The van der Waals surface area contributed by atoms with Gasteiger partial charge in [0, 0.05) is 55.9 Å². The molecular weight excluding hydrogens is 860 g/mol. The van der Waals surface area contributed by atoms with Crippen molar-refractivity contribution in [1.29, 1.82) is 0 Å². The molecule has 0 unspecified atom stereocenters. The Morgan fingerprint density at radius 3 is 1.60 bits per heavy atom. The molecule has 0 aliphatic carbocycles. The minimum absolute atomic E-state index is 0.0991. The van der Waals surface area contributed by atoms with Gasteiger partial charge in [0.25, 0.3) is 6.71 Å². The van der Waals surface area contributed by atoms with Gasteiger partial charge in [0.1, 0.15) is 41.6 Å². The first-order valence-corrected chi connectivity index (χ1v) is 24.5. The molecule has 0 saturated carbocycles. The van der Waals surface area contributed by atoms with E-state index in [2.05, 4.69) is 204 Å². The van der Waals surface area contributed by atoms with Crippen molar-refractivity contribution in [3.05, 3.63) is 187 Å². The summed E-state index contributed by atoms with van der Waals surface area (Å²) >= 11 is 0. The number of nitrogens with zero attached hydrogens (tertiary/aromatic N) is 2. The Morgan fingerprint density at radius 1 is 0.471 bits per heavy atom. The van der Waals surface area contributed by atoms with Gasteiger partial charge in [-0.05, 0) is 135 Å². The first-order valence-electron chi connectivity index (χ1n) is 24.5. The number of para-hydroxylation sites is 2. The van der Waals surface area contributed by atoms with Crippen molar-refractivity contribution in [2.24, 2.45) is 0 Å². The standard InChI is InChI=1S/C63H53BN2O4/c1-38-29-52-59-53(30-38)66(60-47(39-15-9-8-10-16-39)23-26-56-61(60)68-28-27-67-56)51-25-22-45(63(5,6)7)37-49(51)64(59)48-36-44(62(2,3)4)21-24-50(48)65(52)46-32-42(57-34-40-17-11-13-19-54(40)69-57)31-43(33-46)58-35-41-18-12-14-20-55(41)70-58/h8-26,29-37H,27-28H2,1-7H3. The molecule has 5 heterocycles. The summed E-state index contributed by atoms with van der Waals surface area (Å²) in [6, 6.07) is 61.6. The molecule has 342 valence electrons. The third kappa shape index (κ3) is 6.77. The minimum atomic E-state index is -0.103. The molecule has 0 bridgehead atoms. The molecule has 0 amide bonds. The highest BCUT2D eigenvalue weighted by atomic mass is 16.6. The van der Waals surface area contributed by atoms with Crippen LogP contribution in [0.2, 0.25) is 0 Å². The Kier molecular flexibility index (Phi) is 9.39. The van der Waals surface area contributed by atoms with Gasteiger partial charge < -0.3 is 28.1 Å². The van der Waals surface area contributed by atoms with Crippen LogP contribution in [0.15, 0.2) is 179 Å². The van der Waals surface area contributed by atoms with Crippen molar-refractivity contribution in [1.82, 2.24) is 0 Å². The Balaban J connectivity index is 1.14. The average molecular weight is 913 g/mol. The number of aryl methyl sites for hydroxylation is 1. The summed E-state index contributed by atoms with van der Waals surface area (Å²) in [6.45, 7) is 17.0. The van der Waals surface area contributed by atoms with Crippen LogP contribution in [-0.4, -0.2) is 19.9 Å². The molecule has 2 aromatic heterocycles. The second-order valence-electron chi connectivity index (χ2n) is 21.3. The summed E-state index contributed by atoms with van der Waals surface area (Å²) in [5.41, 5.74) is 19.5. The Hall–Kier alpha value is -7.90. The first kappa shape index (κ1) is 42.2. The molecule has 0 N–H and O–H groups in total. The van der Waals surface area contributed by atoms with Crippen molar-refractivity contribution in [2.75, 3.05) is 23.0 Å². The maximum absolute atomic E-state index is 6.76. The summed E-state index contributed by atoms with van der Waals surface area (Å²) in [5, 5.41) is 2.12. The molecule has 3 aliphatic heterocycles. The SMILES string of the molecule is Cc1cc2c3c(c1)N(c1c(-c4ccccc4)ccc4c1OCCO4)c1ccc(C(C)(C)C)cc1B3c1cc(C(C)(C)C)ccc1N2c1cc(-c2cc3ccccc3o2)cc(-c2cc3ccccc3o2)c1. The van der Waals surface area contributed by atoms with E-state index >= 15 is 0 Å². The van der Waals surface area contributed by atoms with Crippen molar-refractivity contribution >= 4 is 79.2 Å². The Labute approximate surface area is 409 Å². The van der Waals surface area contributed by atoms with E-state index in [1.807, 2.05) is 24.3 Å². The third-order valence-corrected chi connectivity index (χ3v) is 14.5. The number of hydrogen-bond donors (Lipinski definition) is 0. The summed E-state index contributed by atoms with van der Waals surface area (Å²) in [7, 11) is 0. The van der Waals surface area contributed by atoms with E-state index in [0.29, 0.717) is 13.2 Å². The predicted octanol–water partition coefficient (Wildman–Crippen LogP) is 14.9. The number of ether oxygens (including phenoxy) is 2. The second-order valence-corrected chi connectivity index (χ2v) is 21.3. The van der Waals surface area contributed by atoms with Crippen molar-refractivity contribution in [2.45, 2.75) is 59.3 Å². The van der Waals surface area contributed by atoms with Crippen LogP contribution in [0.1, 0.15) is 58.2 Å². The van der Waals surface area contributed by atoms with E-state index in [-0.39, 0.29) is 17.5 Å². The smallest absolute Gasteiger partial charge is 0.252 e. The quantitative estimate of drug-likeness (QED) is 0.160. The van der Waals surface area contributed by atoms with E-state index in [1.54, 1.807) is 0 Å². The molecule has 13 rings (SSSR count). The van der Waals surface area contributed by atoms with E-state index in [4.69, 9.17) is 18.3 Å². The fourth-order valence-electron chi connectivity index (χ4n) is 11.0. The lowest BCUT2D eigenvalue weighted by molar-refractivity contribution is 0.172. The third-order valence-electron chi connectivity index (χ3n) is 14.5. The van der Waals surface area contributed by atoms with Gasteiger partial charge in [0.2, 0.25) is 0 Å². The van der Waals surface area contributed by atoms with Crippen LogP contribution in [0.25, 0.3) is 55.7 Å². The van der Waals surface area contributed by atoms with Crippen molar-refractivity contribution in [3.8, 4) is 45.3 Å². The maximum Gasteiger partial charge on any atom is 0.252 e. The number of furan rings is 2. The number of hydrogen-bond acceptors (Lipinski definition) is 6. The fourth-order valence-corrected chi connectivity index (χ4v) is 11.0. The fraction of sp³-hybridized carbons (Fsp3) is 0.175. The van der Waals surface area contributed by atoms with Gasteiger partial charge in [-0.3, -0.25) is 0 Å². The molecular formula is C63H53BN2O4. The molecule has 0 atom stereocenters. The normalized spacial score (nSPS) is 14.0. The lowest BCUT2D eigenvalue weighted by Gasteiger charge is -2.45. The molecule has 70 heavy (non-hydrogen) atoms. The zero-order valence-corrected chi connectivity index (χ0v) is 40.7.